The maximum Gasteiger partial charge on any atom is 0.230 e. The Kier molecular flexibility index (Phi) is 3.64. The molecule has 1 aliphatic heterocycles. The van der Waals surface area contributed by atoms with E-state index in [1.807, 2.05) is 0 Å². The molecule has 0 amide bonds. The van der Waals surface area contributed by atoms with E-state index in [4.69, 9.17) is 5.26 Å². The third-order valence-electron chi connectivity index (χ3n) is 2.13. The first kappa shape index (κ1) is 11.6. The highest BCUT2D eigenvalue weighted by molar-refractivity contribution is 7.90. The molecule has 1 saturated heterocycles. The molecule has 0 aromatic rings. The zero-order valence-electron chi connectivity index (χ0n) is 7.84. The lowest BCUT2D eigenvalue weighted by Crippen LogP contribution is -2.44. The van der Waals surface area contributed by atoms with Crippen LogP contribution in [0.25, 0.3) is 0 Å². The summed E-state index contributed by atoms with van der Waals surface area (Å²) in [7, 11) is -4.40. The van der Waals surface area contributed by atoms with E-state index in [0.717, 1.165) is 0 Å². The molecule has 0 aliphatic carbocycles. The van der Waals surface area contributed by atoms with Crippen LogP contribution >= 0.6 is 0 Å². The Hall–Kier alpha value is -0.450. The molecular weight excluding hydrogens is 224 g/mol. The molecule has 1 fully saturated rings. The van der Waals surface area contributed by atoms with Gasteiger partial charge in [0.25, 0.3) is 0 Å². The molecule has 0 saturated carbocycles. The van der Waals surface area contributed by atoms with E-state index in [2.05, 4.69) is 0 Å². The molecule has 7 heteroatoms. The van der Waals surface area contributed by atoms with Gasteiger partial charge in [0.15, 0.2) is 5.25 Å². The number of hydrogen-bond acceptors (Lipinski definition) is 4. The minimum atomic E-state index is -3.50. The molecule has 1 heterocycles. The second-order valence-electron chi connectivity index (χ2n) is 3.06. The Morgan fingerprint density at radius 3 is 2.36 bits per heavy atom. The summed E-state index contributed by atoms with van der Waals surface area (Å²) in [6, 6.07) is 1.71. The molecule has 0 N–H and O–H groups in total. The average Bonchev–Trinajstić information content (AvgIpc) is 2.17. The molecule has 0 aromatic heterocycles. The Bertz CT molecular complexity index is 361. The van der Waals surface area contributed by atoms with Crippen LogP contribution in [0.1, 0.15) is 6.92 Å². The molecule has 1 rings (SSSR count). The lowest BCUT2D eigenvalue weighted by atomic mass is 10.5. The van der Waals surface area contributed by atoms with Crippen LogP contribution < -0.4 is 0 Å². The summed E-state index contributed by atoms with van der Waals surface area (Å²) in [5.41, 5.74) is 0. The largest absolute Gasteiger partial charge is 0.259 e. The predicted molar refractivity (Wildman–Crippen MR) is 53.4 cm³/mol. The van der Waals surface area contributed by atoms with Gasteiger partial charge in [-0.05, 0) is 6.92 Å². The van der Waals surface area contributed by atoms with Crippen LogP contribution in [-0.2, 0) is 20.8 Å². The lowest BCUT2D eigenvalue weighted by Gasteiger charge is -2.26. The third-order valence-corrected chi connectivity index (χ3v) is 5.48. The summed E-state index contributed by atoms with van der Waals surface area (Å²) >= 11 is 0. The summed E-state index contributed by atoms with van der Waals surface area (Å²) in [5.74, 6) is 0.745. The number of sulfonamides is 1. The monoisotopic (exact) mass is 236 g/mol. The van der Waals surface area contributed by atoms with Gasteiger partial charge in [0.1, 0.15) is 0 Å². The van der Waals surface area contributed by atoms with Crippen LogP contribution in [0.3, 0.4) is 0 Å². The number of nitriles is 1. The first-order valence-electron chi connectivity index (χ1n) is 4.22. The zero-order chi connectivity index (χ0) is 10.8. The average molecular weight is 236 g/mol. The third kappa shape index (κ3) is 2.32. The molecular formula is C7H12N2O3S2. The van der Waals surface area contributed by atoms with Gasteiger partial charge >= 0.3 is 0 Å². The second kappa shape index (κ2) is 4.38. The number of hydrogen-bond donors (Lipinski definition) is 0. The van der Waals surface area contributed by atoms with Crippen molar-refractivity contribution in [1.29, 1.82) is 5.26 Å². The standard InChI is InChI=1S/C7H12N2O3S2/c1-7(6-8)14(11,12)9-2-4-13(10)5-3-9/h7H,2-5H2,1H3. The number of rotatable bonds is 2. The van der Waals surface area contributed by atoms with Crippen molar-refractivity contribution in [3.8, 4) is 6.07 Å². The van der Waals surface area contributed by atoms with E-state index in [9.17, 15) is 12.6 Å². The summed E-state index contributed by atoms with van der Waals surface area (Å²) in [4.78, 5) is 0. The molecule has 5 nitrogen and oxygen atoms in total. The first-order chi connectivity index (χ1) is 6.48. The molecule has 1 atom stereocenters. The van der Waals surface area contributed by atoms with E-state index in [1.54, 1.807) is 6.07 Å². The van der Waals surface area contributed by atoms with Crippen molar-refractivity contribution >= 4 is 20.8 Å². The summed E-state index contributed by atoms with van der Waals surface area (Å²) in [6.45, 7) is 1.89. The van der Waals surface area contributed by atoms with Crippen molar-refractivity contribution in [3.63, 3.8) is 0 Å². The van der Waals surface area contributed by atoms with Crippen molar-refractivity contribution in [2.24, 2.45) is 0 Å². The van der Waals surface area contributed by atoms with Gasteiger partial charge < -0.3 is 0 Å². The Morgan fingerprint density at radius 1 is 1.43 bits per heavy atom. The van der Waals surface area contributed by atoms with Crippen LogP contribution in [0.2, 0.25) is 0 Å². The minimum absolute atomic E-state index is 0.265. The van der Waals surface area contributed by atoms with Crippen molar-refractivity contribution in [1.82, 2.24) is 4.31 Å². The fraction of sp³-hybridized carbons (Fsp3) is 0.857. The quantitative estimate of drug-likeness (QED) is 0.634. The maximum absolute atomic E-state index is 11.6. The molecule has 0 bridgehead atoms. The summed E-state index contributed by atoms with van der Waals surface area (Å²) < 4.78 is 35.5. The molecule has 1 unspecified atom stereocenters. The van der Waals surface area contributed by atoms with Gasteiger partial charge in [0.05, 0.1) is 6.07 Å². The lowest BCUT2D eigenvalue weighted by molar-refractivity contribution is 0.436. The van der Waals surface area contributed by atoms with E-state index < -0.39 is 26.1 Å². The molecule has 0 radical (unpaired) electrons. The summed E-state index contributed by atoms with van der Waals surface area (Å²) in [5, 5.41) is 7.52. The number of nitrogens with zero attached hydrogens (tertiary/aromatic N) is 2. The van der Waals surface area contributed by atoms with Crippen molar-refractivity contribution < 1.29 is 12.6 Å². The highest BCUT2D eigenvalue weighted by Gasteiger charge is 2.31. The van der Waals surface area contributed by atoms with Crippen molar-refractivity contribution in [2.75, 3.05) is 24.6 Å². The van der Waals surface area contributed by atoms with Crippen molar-refractivity contribution in [2.45, 2.75) is 12.2 Å². The van der Waals surface area contributed by atoms with E-state index >= 15 is 0 Å². The topological polar surface area (TPSA) is 78.2 Å². The smallest absolute Gasteiger partial charge is 0.230 e. The predicted octanol–water partition coefficient (Wildman–Crippen LogP) is -0.707. The fourth-order valence-corrected chi connectivity index (χ4v) is 3.72. The Balaban J connectivity index is 2.76. The highest BCUT2D eigenvalue weighted by Crippen LogP contribution is 2.11. The van der Waals surface area contributed by atoms with Gasteiger partial charge in [0.2, 0.25) is 10.0 Å². The van der Waals surface area contributed by atoms with E-state index in [1.165, 1.54) is 11.2 Å². The SMILES string of the molecule is CC(C#N)S(=O)(=O)N1CCS(=O)CC1. The molecule has 0 spiro atoms. The Morgan fingerprint density at radius 2 is 1.93 bits per heavy atom. The van der Waals surface area contributed by atoms with Crippen molar-refractivity contribution in [3.05, 3.63) is 0 Å². The molecule has 14 heavy (non-hydrogen) atoms. The van der Waals surface area contributed by atoms with Crippen LogP contribution in [0, 0.1) is 11.3 Å². The molecule has 0 aromatic carbocycles. The molecule has 80 valence electrons. The Labute approximate surface area is 86.2 Å². The fourth-order valence-electron chi connectivity index (χ4n) is 1.17. The highest BCUT2D eigenvalue weighted by atomic mass is 32.2. The van der Waals surface area contributed by atoms with E-state index in [0.29, 0.717) is 11.5 Å². The summed E-state index contributed by atoms with van der Waals surface area (Å²) in [6.07, 6.45) is 0. The first-order valence-corrected chi connectivity index (χ1v) is 7.21. The van der Waals surface area contributed by atoms with Gasteiger partial charge in [-0.3, -0.25) is 4.21 Å². The van der Waals surface area contributed by atoms with Gasteiger partial charge in [-0.2, -0.15) is 9.57 Å². The molecule has 1 aliphatic rings. The van der Waals surface area contributed by atoms with Crippen LogP contribution in [-0.4, -0.2) is 46.8 Å². The van der Waals surface area contributed by atoms with Crippen LogP contribution in [0.4, 0.5) is 0 Å². The normalized spacial score (nSPS) is 22.9. The van der Waals surface area contributed by atoms with Crippen LogP contribution in [0.15, 0.2) is 0 Å². The maximum atomic E-state index is 11.6. The van der Waals surface area contributed by atoms with Gasteiger partial charge in [-0.1, -0.05) is 0 Å². The van der Waals surface area contributed by atoms with Gasteiger partial charge in [0, 0.05) is 35.4 Å². The zero-order valence-corrected chi connectivity index (χ0v) is 9.47. The van der Waals surface area contributed by atoms with E-state index in [-0.39, 0.29) is 13.1 Å². The minimum Gasteiger partial charge on any atom is -0.259 e. The van der Waals surface area contributed by atoms with Gasteiger partial charge in [-0.15, -0.1) is 0 Å². The second-order valence-corrected chi connectivity index (χ2v) is 7.01. The van der Waals surface area contributed by atoms with Gasteiger partial charge in [-0.25, -0.2) is 8.42 Å². The van der Waals surface area contributed by atoms with Crippen LogP contribution in [0.5, 0.6) is 0 Å².